The van der Waals surface area contributed by atoms with E-state index in [0.29, 0.717) is 18.8 Å². The average molecular weight is 368 g/mol. The van der Waals surface area contributed by atoms with Crippen LogP contribution in [0.3, 0.4) is 0 Å². The molecule has 0 bridgehead atoms. The van der Waals surface area contributed by atoms with Crippen molar-refractivity contribution in [1.82, 2.24) is 0 Å². The first kappa shape index (κ1) is 18.7. The number of rotatable bonds is 7. The third-order valence-corrected chi connectivity index (χ3v) is 4.47. The van der Waals surface area contributed by atoms with Gasteiger partial charge in [0.15, 0.2) is 0 Å². The van der Waals surface area contributed by atoms with Crippen molar-refractivity contribution >= 4 is 5.97 Å². The molecule has 1 heterocycles. The maximum Gasteiger partial charge on any atom is 0.303 e. The first-order valence-electron chi connectivity index (χ1n) is 8.72. The Labute approximate surface area is 157 Å². The summed E-state index contributed by atoms with van der Waals surface area (Å²) in [5.74, 6) is 1.06. The normalized spacial score (nSPS) is 10.8. The largest absolute Gasteiger partial charge is 0.489 e. The van der Waals surface area contributed by atoms with Crippen LogP contribution in [0.5, 0.6) is 5.75 Å². The molecule has 5 heteroatoms. The second-order valence-electron chi connectivity index (χ2n) is 6.47. The molecular formula is C22H21FO4. The first-order valence-corrected chi connectivity index (χ1v) is 8.72. The summed E-state index contributed by atoms with van der Waals surface area (Å²) in [6.45, 7) is 4.16. The summed E-state index contributed by atoms with van der Waals surface area (Å²) in [4.78, 5) is 10.7. The van der Waals surface area contributed by atoms with E-state index in [2.05, 4.69) is 0 Å². The van der Waals surface area contributed by atoms with Crippen molar-refractivity contribution < 1.29 is 23.4 Å². The summed E-state index contributed by atoms with van der Waals surface area (Å²) in [6.07, 6.45) is 0.616. The lowest BCUT2D eigenvalue weighted by molar-refractivity contribution is -0.136. The van der Waals surface area contributed by atoms with E-state index in [1.807, 2.05) is 38.1 Å². The summed E-state index contributed by atoms with van der Waals surface area (Å²) < 4.78 is 24.7. The number of furan rings is 1. The molecule has 0 radical (unpaired) electrons. The van der Waals surface area contributed by atoms with Gasteiger partial charge in [0, 0.05) is 17.5 Å². The number of halogens is 1. The Balaban J connectivity index is 1.67. The van der Waals surface area contributed by atoms with Crippen LogP contribution in [0.25, 0.3) is 11.3 Å². The predicted molar refractivity (Wildman–Crippen MR) is 100 cm³/mol. The van der Waals surface area contributed by atoms with Crippen molar-refractivity contribution in [2.45, 2.75) is 33.3 Å². The van der Waals surface area contributed by atoms with E-state index in [9.17, 15) is 9.18 Å². The number of ether oxygens (including phenoxy) is 1. The summed E-state index contributed by atoms with van der Waals surface area (Å²) in [5.41, 5.74) is 3.74. The lowest BCUT2D eigenvalue weighted by Gasteiger charge is -2.09. The zero-order valence-electron chi connectivity index (χ0n) is 15.3. The molecule has 0 spiro atoms. The number of carboxylic acid groups (broad SMARTS) is 1. The van der Waals surface area contributed by atoms with Gasteiger partial charge >= 0.3 is 5.97 Å². The van der Waals surface area contributed by atoms with Crippen LogP contribution in [-0.4, -0.2) is 11.1 Å². The van der Waals surface area contributed by atoms with Gasteiger partial charge in [-0.25, -0.2) is 4.39 Å². The molecule has 140 valence electrons. The predicted octanol–water partition coefficient (Wildman–Crippen LogP) is 5.30. The molecule has 0 amide bonds. The Morgan fingerprint density at radius 1 is 1.07 bits per heavy atom. The van der Waals surface area contributed by atoms with Gasteiger partial charge in [0.05, 0.1) is 0 Å². The lowest BCUT2D eigenvalue weighted by Crippen LogP contribution is -2.00. The van der Waals surface area contributed by atoms with E-state index >= 15 is 0 Å². The van der Waals surface area contributed by atoms with Crippen LogP contribution >= 0.6 is 0 Å². The van der Waals surface area contributed by atoms with E-state index in [0.717, 1.165) is 33.8 Å². The molecule has 0 fully saturated rings. The smallest absolute Gasteiger partial charge is 0.303 e. The zero-order valence-corrected chi connectivity index (χ0v) is 15.3. The molecular weight excluding hydrogens is 347 g/mol. The maximum atomic E-state index is 13.1. The SMILES string of the molecule is Cc1cc(OCc2cc(-c3ccc(F)cc3)oc2C)ccc1CCC(=O)O. The molecule has 0 aliphatic rings. The van der Waals surface area contributed by atoms with Crippen LogP contribution in [0, 0.1) is 19.7 Å². The second kappa shape index (κ2) is 8.08. The average Bonchev–Trinajstić information content (AvgIpc) is 3.00. The lowest BCUT2D eigenvalue weighted by atomic mass is 10.0. The number of hydrogen-bond acceptors (Lipinski definition) is 3. The number of carboxylic acids is 1. The molecule has 3 aromatic rings. The van der Waals surface area contributed by atoms with Gasteiger partial charge in [0.2, 0.25) is 0 Å². The van der Waals surface area contributed by atoms with Gasteiger partial charge in [0.25, 0.3) is 0 Å². The van der Waals surface area contributed by atoms with Crippen molar-refractivity contribution in [3.8, 4) is 17.1 Å². The second-order valence-corrected chi connectivity index (χ2v) is 6.47. The summed E-state index contributed by atoms with van der Waals surface area (Å²) in [6, 6.07) is 13.7. The van der Waals surface area contributed by atoms with Crippen molar-refractivity contribution in [3.05, 3.63) is 76.8 Å². The number of hydrogen-bond donors (Lipinski definition) is 1. The summed E-state index contributed by atoms with van der Waals surface area (Å²) in [5, 5.41) is 8.80. The van der Waals surface area contributed by atoms with Gasteiger partial charge in [-0.15, -0.1) is 0 Å². The number of benzene rings is 2. The monoisotopic (exact) mass is 368 g/mol. The Hall–Kier alpha value is -3.08. The molecule has 0 aliphatic heterocycles. The fourth-order valence-corrected chi connectivity index (χ4v) is 2.86. The zero-order chi connectivity index (χ0) is 19.4. The highest BCUT2D eigenvalue weighted by atomic mass is 19.1. The highest BCUT2D eigenvalue weighted by molar-refractivity contribution is 5.67. The first-order chi connectivity index (χ1) is 12.9. The number of aryl methyl sites for hydroxylation is 3. The Morgan fingerprint density at radius 2 is 1.81 bits per heavy atom. The maximum absolute atomic E-state index is 13.1. The van der Waals surface area contributed by atoms with Gasteiger partial charge in [-0.2, -0.15) is 0 Å². The highest BCUT2D eigenvalue weighted by Crippen LogP contribution is 2.27. The topological polar surface area (TPSA) is 59.7 Å². The molecule has 3 rings (SSSR count). The fraction of sp³-hybridized carbons (Fsp3) is 0.227. The van der Waals surface area contributed by atoms with Crippen molar-refractivity contribution in [2.75, 3.05) is 0 Å². The number of aliphatic carboxylic acids is 1. The van der Waals surface area contributed by atoms with Crippen molar-refractivity contribution in [2.24, 2.45) is 0 Å². The Morgan fingerprint density at radius 3 is 2.48 bits per heavy atom. The Kier molecular flexibility index (Phi) is 5.60. The summed E-state index contributed by atoms with van der Waals surface area (Å²) in [7, 11) is 0. The minimum Gasteiger partial charge on any atom is -0.489 e. The van der Waals surface area contributed by atoms with Gasteiger partial charge in [-0.05, 0) is 73.9 Å². The number of carbonyl (C=O) groups is 1. The van der Waals surface area contributed by atoms with Crippen molar-refractivity contribution in [1.29, 1.82) is 0 Å². The van der Waals surface area contributed by atoms with E-state index < -0.39 is 5.97 Å². The highest BCUT2D eigenvalue weighted by Gasteiger charge is 2.11. The quantitative estimate of drug-likeness (QED) is 0.615. The molecule has 0 unspecified atom stereocenters. The Bertz CT molecular complexity index is 941. The van der Waals surface area contributed by atoms with E-state index in [-0.39, 0.29) is 12.2 Å². The van der Waals surface area contributed by atoms with Gasteiger partial charge in [-0.3, -0.25) is 4.79 Å². The van der Waals surface area contributed by atoms with E-state index in [4.69, 9.17) is 14.3 Å². The van der Waals surface area contributed by atoms with Crippen LogP contribution in [0.15, 0.2) is 52.9 Å². The molecule has 0 saturated heterocycles. The molecule has 1 aromatic heterocycles. The molecule has 27 heavy (non-hydrogen) atoms. The van der Waals surface area contributed by atoms with Gasteiger partial charge < -0.3 is 14.3 Å². The summed E-state index contributed by atoms with van der Waals surface area (Å²) >= 11 is 0. The molecule has 0 saturated carbocycles. The molecule has 4 nitrogen and oxygen atoms in total. The molecule has 0 atom stereocenters. The molecule has 2 aromatic carbocycles. The van der Waals surface area contributed by atoms with Gasteiger partial charge in [-0.1, -0.05) is 6.07 Å². The van der Waals surface area contributed by atoms with Gasteiger partial charge in [0.1, 0.15) is 29.7 Å². The third kappa shape index (κ3) is 4.76. The third-order valence-electron chi connectivity index (χ3n) is 4.47. The molecule has 0 aliphatic carbocycles. The standard InChI is InChI=1S/C22H21FO4/c1-14-11-20(9-5-16(14)6-10-22(24)25)26-13-18-12-21(27-15(18)2)17-3-7-19(23)8-4-17/h3-5,7-9,11-12H,6,10,13H2,1-2H3,(H,24,25). The molecule has 1 N–H and O–H groups in total. The van der Waals surface area contributed by atoms with E-state index in [1.165, 1.54) is 12.1 Å². The van der Waals surface area contributed by atoms with Crippen molar-refractivity contribution in [3.63, 3.8) is 0 Å². The van der Waals surface area contributed by atoms with Crippen LogP contribution < -0.4 is 4.74 Å². The minimum absolute atomic E-state index is 0.113. The van der Waals surface area contributed by atoms with E-state index in [1.54, 1.807) is 12.1 Å². The minimum atomic E-state index is -0.804. The van der Waals surface area contributed by atoms with Crippen LogP contribution in [0.2, 0.25) is 0 Å². The van der Waals surface area contributed by atoms with Crippen LogP contribution in [0.1, 0.15) is 28.9 Å². The van der Waals surface area contributed by atoms with Crippen LogP contribution in [-0.2, 0) is 17.8 Å². The fourth-order valence-electron chi connectivity index (χ4n) is 2.86. The van der Waals surface area contributed by atoms with Crippen LogP contribution in [0.4, 0.5) is 4.39 Å².